The quantitative estimate of drug-likeness (QED) is 0.913. The van der Waals surface area contributed by atoms with Crippen LogP contribution in [0.1, 0.15) is 51.1 Å². The van der Waals surface area contributed by atoms with E-state index in [1.807, 2.05) is 18.2 Å². The van der Waals surface area contributed by atoms with Gasteiger partial charge in [0.2, 0.25) is 0 Å². The summed E-state index contributed by atoms with van der Waals surface area (Å²) in [6.07, 6.45) is 4.32. The molecule has 1 aromatic carbocycles. The normalized spacial score (nSPS) is 22.2. The van der Waals surface area contributed by atoms with E-state index in [1.54, 1.807) is 14.2 Å². The van der Waals surface area contributed by atoms with Crippen LogP contribution in [0.15, 0.2) is 24.3 Å². The molecular weight excluding hydrogens is 250 g/mol. The highest BCUT2D eigenvalue weighted by molar-refractivity contribution is 5.32. The van der Waals surface area contributed by atoms with E-state index in [4.69, 9.17) is 15.2 Å². The molecule has 0 heterocycles. The van der Waals surface area contributed by atoms with E-state index in [0.29, 0.717) is 5.41 Å². The van der Waals surface area contributed by atoms with E-state index in [9.17, 15) is 0 Å². The van der Waals surface area contributed by atoms with E-state index in [1.165, 1.54) is 0 Å². The predicted octanol–water partition coefficient (Wildman–Crippen LogP) is 3.68. The lowest BCUT2D eigenvalue weighted by atomic mass is 9.67. The smallest absolute Gasteiger partial charge is 0.119 e. The first-order valence-electron chi connectivity index (χ1n) is 7.37. The van der Waals surface area contributed by atoms with Crippen molar-refractivity contribution in [2.45, 2.75) is 51.2 Å². The molecule has 1 aromatic rings. The van der Waals surface area contributed by atoms with Gasteiger partial charge in [0.1, 0.15) is 5.75 Å². The second-order valence-electron chi connectivity index (χ2n) is 6.69. The van der Waals surface area contributed by atoms with Crippen LogP contribution in [0.25, 0.3) is 0 Å². The standard InChI is InChI=1S/C17H27NO2/c1-16(2)8-10-17(20-4,11-9-16)15(18)13-6-5-7-14(12-13)19-3/h5-7,12,15H,8-11,18H2,1-4H3. The van der Waals surface area contributed by atoms with Crippen LogP contribution in [0.3, 0.4) is 0 Å². The number of hydrogen-bond donors (Lipinski definition) is 1. The Morgan fingerprint density at radius 3 is 2.30 bits per heavy atom. The van der Waals surface area contributed by atoms with Crippen molar-refractivity contribution in [3.63, 3.8) is 0 Å². The summed E-state index contributed by atoms with van der Waals surface area (Å²) >= 11 is 0. The fourth-order valence-electron chi connectivity index (χ4n) is 3.13. The maximum atomic E-state index is 6.55. The third-order valence-electron chi connectivity index (χ3n) is 4.88. The van der Waals surface area contributed by atoms with Crippen LogP contribution in [0.5, 0.6) is 5.75 Å². The van der Waals surface area contributed by atoms with Crippen LogP contribution in [-0.4, -0.2) is 19.8 Å². The molecule has 1 fully saturated rings. The van der Waals surface area contributed by atoms with Gasteiger partial charge in [-0.05, 0) is 48.8 Å². The molecule has 0 radical (unpaired) electrons. The Bertz CT molecular complexity index is 446. The fraction of sp³-hybridized carbons (Fsp3) is 0.647. The summed E-state index contributed by atoms with van der Waals surface area (Å²) < 4.78 is 11.2. The third-order valence-corrected chi connectivity index (χ3v) is 4.88. The van der Waals surface area contributed by atoms with Crippen molar-refractivity contribution in [2.75, 3.05) is 14.2 Å². The minimum absolute atomic E-state index is 0.112. The van der Waals surface area contributed by atoms with Gasteiger partial charge in [-0.15, -0.1) is 0 Å². The summed E-state index contributed by atoms with van der Waals surface area (Å²) in [4.78, 5) is 0. The SMILES string of the molecule is COc1cccc(C(N)C2(OC)CCC(C)(C)CC2)c1. The Balaban J connectivity index is 2.22. The third kappa shape index (κ3) is 2.99. The Kier molecular flexibility index (Phi) is 4.40. The fourth-order valence-corrected chi connectivity index (χ4v) is 3.13. The maximum Gasteiger partial charge on any atom is 0.119 e. The molecule has 1 unspecified atom stereocenters. The Morgan fingerprint density at radius 2 is 1.75 bits per heavy atom. The van der Waals surface area contributed by atoms with Crippen LogP contribution in [-0.2, 0) is 4.74 Å². The molecule has 20 heavy (non-hydrogen) atoms. The van der Waals surface area contributed by atoms with Gasteiger partial charge in [-0.2, -0.15) is 0 Å². The van der Waals surface area contributed by atoms with E-state index >= 15 is 0 Å². The number of hydrogen-bond acceptors (Lipinski definition) is 3. The zero-order chi connectivity index (χ0) is 14.8. The maximum absolute atomic E-state index is 6.55. The largest absolute Gasteiger partial charge is 0.497 e. The van der Waals surface area contributed by atoms with Crippen molar-refractivity contribution < 1.29 is 9.47 Å². The summed E-state index contributed by atoms with van der Waals surface area (Å²) in [5.41, 5.74) is 7.79. The van der Waals surface area contributed by atoms with E-state index in [2.05, 4.69) is 19.9 Å². The molecule has 3 heteroatoms. The highest BCUT2D eigenvalue weighted by Crippen LogP contribution is 2.46. The van der Waals surface area contributed by atoms with Gasteiger partial charge in [-0.1, -0.05) is 26.0 Å². The van der Waals surface area contributed by atoms with E-state index in [0.717, 1.165) is 37.0 Å². The summed E-state index contributed by atoms with van der Waals surface area (Å²) in [7, 11) is 3.47. The summed E-state index contributed by atoms with van der Waals surface area (Å²) in [5.74, 6) is 0.848. The van der Waals surface area contributed by atoms with Gasteiger partial charge in [-0.25, -0.2) is 0 Å². The summed E-state index contributed by atoms with van der Waals surface area (Å²) in [6.45, 7) is 4.65. The second-order valence-corrected chi connectivity index (χ2v) is 6.69. The Morgan fingerprint density at radius 1 is 1.10 bits per heavy atom. The molecule has 0 bridgehead atoms. The topological polar surface area (TPSA) is 44.5 Å². The van der Waals surface area contributed by atoms with E-state index < -0.39 is 0 Å². The highest BCUT2D eigenvalue weighted by atomic mass is 16.5. The molecule has 0 aliphatic heterocycles. The lowest BCUT2D eigenvalue weighted by Crippen LogP contribution is -2.47. The van der Waals surface area contributed by atoms with Gasteiger partial charge in [0.05, 0.1) is 18.8 Å². The van der Waals surface area contributed by atoms with Gasteiger partial charge in [0.15, 0.2) is 0 Å². The highest BCUT2D eigenvalue weighted by Gasteiger charge is 2.43. The van der Waals surface area contributed by atoms with Gasteiger partial charge >= 0.3 is 0 Å². The Hall–Kier alpha value is -1.06. The van der Waals surface area contributed by atoms with Crippen molar-refractivity contribution in [2.24, 2.45) is 11.1 Å². The van der Waals surface area contributed by atoms with Crippen LogP contribution in [0.2, 0.25) is 0 Å². The summed E-state index contributed by atoms with van der Waals surface area (Å²) in [5, 5.41) is 0. The molecular formula is C17H27NO2. The lowest BCUT2D eigenvalue weighted by Gasteiger charge is -2.46. The second kappa shape index (κ2) is 5.74. The molecule has 1 aliphatic carbocycles. The van der Waals surface area contributed by atoms with Crippen LogP contribution in [0.4, 0.5) is 0 Å². The number of nitrogens with two attached hydrogens (primary N) is 1. The molecule has 0 amide bonds. The zero-order valence-electron chi connectivity index (χ0n) is 13.1. The molecule has 0 aromatic heterocycles. The number of ether oxygens (including phenoxy) is 2. The van der Waals surface area contributed by atoms with Gasteiger partial charge in [0.25, 0.3) is 0 Å². The van der Waals surface area contributed by atoms with Gasteiger partial charge in [0, 0.05) is 7.11 Å². The zero-order valence-corrected chi connectivity index (χ0v) is 13.1. The molecule has 0 spiro atoms. The predicted molar refractivity (Wildman–Crippen MR) is 81.9 cm³/mol. The Labute approximate surface area is 122 Å². The first-order chi connectivity index (χ1) is 9.42. The molecule has 1 saturated carbocycles. The average Bonchev–Trinajstić information content (AvgIpc) is 2.47. The van der Waals surface area contributed by atoms with Crippen molar-refractivity contribution in [1.29, 1.82) is 0 Å². The van der Waals surface area contributed by atoms with Crippen LogP contribution < -0.4 is 10.5 Å². The molecule has 2 N–H and O–H groups in total. The molecule has 3 nitrogen and oxygen atoms in total. The number of benzene rings is 1. The first kappa shape index (κ1) is 15.3. The lowest BCUT2D eigenvalue weighted by molar-refractivity contribution is -0.0794. The van der Waals surface area contributed by atoms with Crippen LogP contribution in [0, 0.1) is 5.41 Å². The summed E-state index contributed by atoms with van der Waals surface area (Å²) in [6, 6.07) is 7.90. The van der Waals surface area contributed by atoms with Crippen molar-refractivity contribution in [3.05, 3.63) is 29.8 Å². The number of rotatable bonds is 4. The molecule has 1 atom stereocenters. The van der Waals surface area contributed by atoms with Gasteiger partial charge in [-0.3, -0.25) is 0 Å². The van der Waals surface area contributed by atoms with E-state index in [-0.39, 0.29) is 11.6 Å². The van der Waals surface area contributed by atoms with Crippen molar-refractivity contribution >= 4 is 0 Å². The molecule has 1 aliphatic rings. The molecule has 2 rings (SSSR count). The first-order valence-corrected chi connectivity index (χ1v) is 7.37. The van der Waals surface area contributed by atoms with Crippen LogP contribution >= 0.6 is 0 Å². The number of methoxy groups -OCH3 is 2. The van der Waals surface area contributed by atoms with Crippen molar-refractivity contribution in [3.8, 4) is 5.75 Å². The van der Waals surface area contributed by atoms with Gasteiger partial charge < -0.3 is 15.2 Å². The van der Waals surface area contributed by atoms with Crippen molar-refractivity contribution in [1.82, 2.24) is 0 Å². The molecule has 0 saturated heterocycles. The minimum Gasteiger partial charge on any atom is -0.497 e. The molecule has 112 valence electrons. The average molecular weight is 277 g/mol. The monoisotopic (exact) mass is 277 g/mol. The minimum atomic E-state index is -0.248.